The van der Waals surface area contributed by atoms with Gasteiger partial charge in [0.2, 0.25) is 0 Å². The van der Waals surface area contributed by atoms with Crippen molar-refractivity contribution < 1.29 is 4.74 Å². The number of allylic oxidation sites excluding steroid dienone is 1. The predicted molar refractivity (Wildman–Crippen MR) is 87.4 cm³/mol. The monoisotopic (exact) mass is 375 g/mol. The van der Waals surface area contributed by atoms with Gasteiger partial charge in [0, 0.05) is 16.6 Å². The molecule has 2 nitrogen and oxygen atoms in total. The summed E-state index contributed by atoms with van der Waals surface area (Å²) in [5.41, 5.74) is 3.72. The molecule has 1 aliphatic rings. The molecule has 100 valence electrons. The van der Waals surface area contributed by atoms with E-state index in [1.165, 1.54) is 16.8 Å². The van der Waals surface area contributed by atoms with Crippen molar-refractivity contribution in [3.8, 4) is 5.75 Å². The van der Waals surface area contributed by atoms with E-state index in [2.05, 4.69) is 53.3 Å². The first kappa shape index (κ1) is 15.6. The van der Waals surface area contributed by atoms with Crippen LogP contribution in [0, 0.1) is 0 Å². The molecule has 1 heterocycles. The van der Waals surface area contributed by atoms with E-state index in [1.807, 2.05) is 13.0 Å². The molecule has 0 bridgehead atoms. The van der Waals surface area contributed by atoms with Crippen LogP contribution in [-0.4, -0.2) is 17.5 Å². The molecule has 1 aromatic carbocycles. The van der Waals surface area contributed by atoms with Crippen LogP contribution in [0.3, 0.4) is 0 Å². The molecule has 0 spiro atoms. The van der Waals surface area contributed by atoms with Gasteiger partial charge in [0.05, 0.1) is 12.1 Å². The molecule has 0 atom stereocenters. The van der Waals surface area contributed by atoms with Crippen molar-refractivity contribution in [1.82, 2.24) is 0 Å². The number of rotatable bonds is 3. The summed E-state index contributed by atoms with van der Waals surface area (Å²) in [6, 6.07) is 6.22. The van der Waals surface area contributed by atoms with Crippen LogP contribution in [0.2, 0.25) is 0 Å². The van der Waals surface area contributed by atoms with E-state index in [-0.39, 0.29) is 22.5 Å². The van der Waals surface area contributed by atoms with Crippen LogP contribution in [0.15, 0.2) is 24.3 Å². The number of nitrogens with one attached hydrogen (secondary N) is 1. The van der Waals surface area contributed by atoms with Gasteiger partial charge in [0.1, 0.15) is 5.75 Å². The number of anilines is 1. The first-order valence-corrected chi connectivity index (χ1v) is 7.01. The van der Waals surface area contributed by atoms with Crippen LogP contribution in [0.5, 0.6) is 5.75 Å². The minimum atomic E-state index is 0. The van der Waals surface area contributed by atoms with Crippen molar-refractivity contribution in [3.05, 3.63) is 29.8 Å². The second-order valence-electron chi connectivity index (χ2n) is 4.79. The summed E-state index contributed by atoms with van der Waals surface area (Å²) in [4.78, 5) is 0. The zero-order valence-electron chi connectivity index (χ0n) is 10.9. The van der Waals surface area contributed by atoms with Crippen LogP contribution in [-0.2, 0) is 0 Å². The zero-order chi connectivity index (χ0) is 12.5. The van der Waals surface area contributed by atoms with Crippen molar-refractivity contribution in [1.29, 1.82) is 0 Å². The van der Waals surface area contributed by atoms with Crippen LogP contribution >= 0.6 is 32.9 Å². The maximum Gasteiger partial charge on any atom is 0.120 e. The normalized spacial score (nSPS) is 15.9. The quantitative estimate of drug-likeness (QED) is 0.775. The molecule has 1 aliphatic heterocycles. The highest BCUT2D eigenvalue weighted by Gasteiger charge is 2.23. The molecule has 0 aliphatic carbocycles. The fourth-order valence-corrected chi connectivity index (χ4v) is 2.63. The van der Waals surface area contributed by atoms with E-state index in [0.717, 1.165) is 11.1 Å². The molecule has 0 saturated heterocycles. The van der Waals surface area contributed by atoms with Gasteiger partial charge in [-0.15, -0.1) is 17.0 Å². The lowest BCUT2D eigenvalue weighted by atomic mass is 9.91. The zero-order valence-corrected chi connectivity index (χ0v) is 14.2. The topological polar surface area (TPSA) is 21.3 Å². The molecule has 0 radical (unpaired) electrons. The summed E-state index contributed by atoms with van der Waals surface area (Å²) in [6.07, 6.45) is 2.26. The average molecular weight is 377 g/mol. The molecule has 4 heteroatoms. The van der Waals surface area contributed by atoms with Crippen molar-refractivity contribution >= 4 is 44.2 Å². The molecule has 0 amide bonds. The summed E-state index contributed by atoms with van der Waals surface area (Å²) in [5.74, 6) is 0.930. The van der Waals surface area contributed by atoms with Crippen molar-refractivity contribution in [3.63, 3.8) is 0 Å². The highest BCUT2D eigenvalue weighted by atomic mass is 79.9. The third-order valence-corrected chi connectivity index (χ3v) is 3.39. The second-order valence-corrected chi connectivity index (χ2v) is 5.35. The largest absolute Gasteiger partial charge is 0.494 e. The Bertz CT molecular complexity index is 455. The average Bonchev–Trinajstić information content (AvgIpc) is 2.28. The van der Waals surface area contributed by atoms with Gasteiger partial charge in [-0.3, -0.25) is 0 Å². The fraction of sp³-hybridized carbons (Fsp3) is 0.429. The minimum Gasteiger partial charge on any atom is -0.494 e. The first-order valence-electron chi connectivity index (χ1n) is 5.89. The van der Waals surface area contributed by atoms with Gasteiger partial charge in [0.25, 0.3) is 0 Å². The molecule has 2 rings (SSSR count). The maximum atomic E-state index is 5.55. The Labute approximate surface area is 128 Å². The molecular formula is C14H19Br2NO. The number of hydrogen-bond donors (Lipinski definition) is 1. The summed E-state index contributed by atoms with van der Waals surface area (Å²) in [6.45, 7) is 7.05. The molecule has 1 aromatic rings. The van der Waals surface area contributed by atoms with Crippen molar-refractivity contribution in [2.45, 2.75) is 26.3 Å². The predicted octanol–water partition coefficient (Wildman–Crippen LogP) is 4.65. The van der Waals surface area contributed by atoms with E-state index < -0.39 is 0 Å². The van der Waals surface area contributed by atoms with E-state index >= 15 is 0 Å². The van der Waals surface area contributed by atoms with Crippen molar-refractivity contribution in [2.75, 3.05) is 17.3 Å². The van der Waals surface area contributed by atoms with Gasteiger partial charge in [-0.2, -0.15) is 0 Å². The fourth-order valence-electron chi connectivity index (χ4n) is 2.16. The Balaban J connectivity index is 0.00000162. The Kier molecular flexibility index (Phi) is 5.29. The standard InChI is InChI=1S/C14H18BrNO.BrH/c1-4-17-11-5-6-13-12(7-11)10(9-15)8-14(2,3)16-13;/h5-8,16H,4,9H2,1-3H3;1H. The minimum absolute atomic E-state index is 0. The number of halogens is 2. The molecule has 0 fully saturated rings. The first-order chi connectivity index (χ1) is 8.05. The maximum absolute atomic E-state index is 5.55. The molecule has 0 aromatic heterocycles. The lowest BCUT2D eigenvalue weighted by Crippen LogP contribution is -2.31. The summed E-state index contributed by atoms with van der Waals surface area (Å²) in [5, 5.41) is 4.38. The Morgan fingerprint density at radius 2 is 2.06 bits per heavy atom. The summed E-state index contributed by atoms with van der Waals surface area (Å²) >= 11 is 3.56. The number of benzene rings is 1. The van der Waals surface area contributed by atoms with E-state index in [4.69, 9.17) is 4.74 Å². The van der Waals surface area contributed by atoms with E-state index in [0.29, 0.717) is 6.61 Å². The number of alkyl halides is 1. The van der Waals surface area contributed by atoms with E-state index in [1.54, 1.807) is 0 Å². The molecule has 18 heavy (non-hydrogen) atoms. The van der Waals surface area contributed by atoms with Gasteiger partial charge >= 0.3 is 0 Å². The number of hydrogen-bond acceptors (Lipinski definition) is 2. The summed E-state index contributed by atoms with van der Waals surface area (Å²) < 4.78 is 5.55. The van der Waals surface area contributed by atoms with Gasteiger partial charge < -0.3 is 10.1 Å². The number of fused-ring (bicyclic) bond motifs is 1. The highest BCUT2D eigenvalue weighted by molar-refractivity contribution is 9.09. The summed E-state index contributed by atoms with van der Waals surface area (Å²) in [7, 11) is 0. The molecular weight excluding hydrogens is 358 g/mol. The Morgan fingerprint density at radius 1 is 1.33 bits per heavy atom. The van der Waals surface area contributed by atoms with Crippen LogP contribution in [0.4, 0.5) is 5.69 Å². The molecule has 1 N–H and O–H groups in total. The Morgan fingerprint density at radius 3 is 2.67 bits per heavy atom. The van der Waals surface area contributed by atoms with Gasteiger partial charge in [-0.1, -0.05) is 22.0 Å². The smallest absolute Gasteiger partial charge is 0.120 e. The van der Waals surface area contributed by atoms with Crippen LogP contribution in [0.25, 0.3) is 5.57 Å². The van der Waals surface area contributed by atoms with Gasteiger partial charge in [-0.25, -0.2) is 0 Å². The van der Waals surface area contributed by atoms with Gasteiger partial charge in [-0.05, 0) is 44.5 Å². The second kappa shape index (κ2) is 6.11. The Hall–Kier alpha value is -0.480. The lowest BCUT2D eigenvalue weighted by molar-refractivity contribution is 0.340. The number of ether oxygens (including phenoxy) is 1. The van der Waals surface area contributed by atoms with E-state index in [9.17, 15) is 0 Å². The molecule has 0 unspecified atom stereocenters. The SMILES string of the molecule is Br.CCOc1ccc2c(c1)C(CBr)=CC(C)(C)N2. The third-order valence-electron chi connectivity index (χ3n) is 2.78. The van der Waals surface area contributed by atoms with Crippen LogP contribution in [0.1, 0.15) is 26.3 Å². The van der Waals surface area contributed by atoms with Crippen LogP contribution < -0.4 is 10.1 Å². The molecule has 0 saturated carbocycles. The van der Waals surface area contributed by atoms with Crippen molar-refractivity contribution in [2.24, 2.45) is 0 Å². The highest BCUT2D eigenvalue weighted by Crippen LogP contribution is 2.36. The lowest BCUT2D eigenvalue weighted by Gasteiger charge is -2.32. The van der Waals surface area contributed by atoms with Gasteiger partial charge in [0.15, 0.2) is 0 Å². The third kappa shape index (κ3) is 3.29.